The maximum Gasteiger partial charge on any atom is 0.232 e. The number of hydrogen-bond acceptors (Lipinski definition) is 7. The summed E-state index contributed by atoms with van der Waals surface area (Å²) in [6.45, 7) is 17.4. The van der Waals surface area contributed by atoms with E-state index in [9.17, 15) is 0 Å². The van der Waals surface area contributed by atoms with E-state index >= 15 is 0 Å². The molecule has 1 aliphatic heterocycles. The summed E-state index contributed by atoms with van der Waals surface area (Å²) in [4.78, 5) is 23.3. The lowest BCUT2D eigenvalue weighted by molar-refractivity contribution is 0.558. The zero-order valence-electron chi connectivity index (χ0n) is 31.3. The molecule has 0 saturated carbocycles. The number of aromatic nitrogens is 3. The van der Waals surface area contributed by atoms with Crippen molar-refractivity contribution >= 4 is 17.8 Å². The molecule has 1 saturated heterocycles. The lowest BCUT2D eigenvalue weighted by atomic mass is 10.1. The number of unbranched alkanes of at least 4 members (excludes halogenated alkanes) is 20. The first-order valence-electron chi connectivity index (χ1n) is 20.4. The Morgan fingerprint density at radius 1 is 0.435 bits per heavy atom. The second kappa shape index (κ2) is 28.4. The number of rotatable bonds is 31. The molecule has 2 rings (SSSR count). The van der Waals surface area contributed by atoms with Crippen LogP contribution >= 0.6 is 0 Å². The molecule has 0 atom stereocenters. The van der Waals surface area contributed by atoms with Gasteiger partial charge in [0, 0.05) is 52.4 Å². The third-order valence-corrected chi connectivity index (χ3v) is 9.69. The fraction of sp³-hybridized carbons (Fsp3) is 0.923. The minimum atomic E-state index is 0.897. The number of anilines is 3. The van der Waals surface area contributed by atoms with Crippen molar-refractivity contribution in [2.75, 3.05) is 67.1 Å². The van der Waals surface area contributed by atoms with Crippen LogP contribution in [0.1, 0.15) is 182 Å². The van der Waals surface area contributed by atoms with Crippen molar-refractivity contribution < 1.29 is 0 Å². The molecule has 0 aliphatic carbocycles. The molecule has 0 radical (unpaired) electrons. The first kappa shape index (κ1) is 40.5. The summed E-state index contributed by atoms with van der Waals surface area (Å²) < 4.78 is 0. The molecule has 0 spiro atoms. The molecule has 7 nitrogen and oxygen atoms in total. The first-order valence-corrected chi connectivity index (χ1v) is 20.4. The van der Waals surface area contributed by atoms with Crippen LogP contribution in [0.3, 0.4) is 0 Å². The predicted molar refractivity (Wildman–Crippen MR) is 203 cm³/mol. The van der Waals surface area contributed by atoms with Gasteiger partial charge in [-0.15, -0.1) is 0 Å². The Balaban J connectivity index is 2.26. The zero-order chi connectivity index (χ0) is 32.9. The van der Waals surface area contributed by atoms with Crippen LogP contribution in [0.4, 0.5) is 17.8 Å². The molecule has 268 valence electrons. The number of nitrogens with zero attached hydrogens (tertiary/aromatic N) is 6. The van der Waals surface area contributed by atoms with E-state index in [0.717, 1.165) is 70.2 Å². The third-order valence-electron chi connectivity index (χ3n) is 9.69. The second-order valence-electron chi connectivity index (χ2n) is 14.0. The monoisotopic (exact) mass is 644 g/mol. The third kappa shape index (κ3) is 18.6. The Morgan fingerprint density at radius 3 is 1.07 bits per heavy atom. The number of piperazine rings is 1. The molecule has 1 N–H and O–H groups in total. The maximum atomic E-state index is 5.33. The van der Waals surface area contributed by atoms with E-state index in [1.165, 1.54) is 154 Å². The van der Waals surface area contributed by atoms with E-state index in [1.54, 1.807) is 0 Å². The Labute approximate surface area is 286 Å². The van der Waals surface area contributed by atoms with Gasteiger partial charge in [-0.2, -0.15) is 15.0 Å². The van der Waals surface area contributed by atoms with Crippen molar-refractivity contribution in [3.8, 4) is 0 Å². The van der Waals surface area contributed by atoms with Gasteiger partial charge in [0.05, 0.1) is 0 Å². The highest BCUT2D eigenvalue weighted by Crippen LogP contribution is 2.23. The minimum absolute atomic E-state index is 0.897. The lowest BCUT2D eigenvalue weighted by Gasteiger charge is -2.31. The van der Waals surface area contributed by atoms with Gasteiger partial charge in [-0.25, -0.2) is 0 Å². The predicted octanol–water partition coefficient (Wildman–Crippen LogP) is 10.3. The van der Waals surface area contributed by atoms with Crippen molar-refractivity contribution in [3.05, 3.63) is 0 Å². The molecule has 0 bridgehead atoms. The van der Waals surface area contributed by atoms with Crippen LogP contribution in [-0.4, -0.2) is 67.3 Å². The molecule has 0 unspecified atom stereocenters. The van der Waals surface area contributed by atoms with Crippen LogP contribution in [0.5, 0.6) is 0 Å². The molecule has 1 aliphatic rings. The van der Waals surface area contributed by atoms with Crippen molar-refractivity contribution in [1.82, 2.24) is 20.3 Å². The molecule has 0 amide bonds. The van der Waals surface area contributed by atoms with Gasteiger partial charge >= 0.3 is 0 Å². The highest BCUT2D eigenvalue weighted by atomic mass is 15.4. The van der Waals surface area contributed by atoms with Gasteiger partial charge in [0.15, 0.2) is 0 Å². The van der Waals surface area contributed by atoms with Crippen LogP contribution in [0, 0.1) is 0 Å². The Kier molecular flexibility index (Phi) is 25.0. The van der Waals surface area contributed by atoms with Crippen molar-refractivity contribution in [2.24, 2.45) is 0 Å². The summed E-state index contributed by atoms with van der Waals surface area (Å²) in [5.74, 6) is 2.75. The van der Waals surface area contributed by atoms with E-state index in [2.05, 4.69) is 47.7 Å². The highest BCUT2D eigenvalue weighted by Gasteiger charge is 2.21. The van der Waals surface area contributed by atoms with Crippen molar-refractivity contribution in [3.63, 3.8) is 0 Å². The summed E-state index contributed by atoms with van der Waals surface area (Å²) in [6, 6.07) is 0. The normalized spacial score (nSPS) is 13.4. The van der Waals surface area contributed by atoms with Crippen LogP contribution in [0.2, 0.25) is 0 Å². The van der Waals surface area contributed by atoms with E-state index in [0.29, 0.717) is 0 Å². The van der Waals surface area contributed by atoms with Crippen LogP contribution in [0.15, 0.2) is 0 Å². The highest BCUT2D eigenvalue weighted by molar-refractivity contribution is 5.47. The molecule has 1 fully saturated rings. The molecule has 1 aromatic heterocycles. The summed E-state index contributed by atoms with van der Waals surface area (Å²) >= 11 is 0. The zero-order valence-corrected chi connectivity index (χ0v) is 31.3. The van der Waals surface area contributed by atoms with Gasteiger partial charge in [0.1, 0.15) is 0 Å². The van der Waals surface area contributed by atoms with Crippen molar-refractivity contribution in [2.45, 2.75) is 182 Å². The fourth-order valence-electron chi connectivity index (χ4n) is 6.59. The Hall–Kier alpha value is -1.63. The molecular formula is C39H77N7. The van der Waals surface area contributed by atoms with Gasteiger partial charge in [0.25, 0.3) is 0 Å². The lowest BCUT2D eigenvalue weighted by Crippen LogP contribution is -2.44. The molecular weight excluding hydrogens is 566 g/mol. The smallest absolute Gasteiger partial charge is 0.232 e. The maximum absolute atomic E-state index is 5.33. The summed E-state index contributed by atoms with van der Waals surface area (Å²) in [5, 5.41) is 3.52. The van der Waals surface area contributed by atoms with Gasteiger partial charge in [-0.3, -0.25) is 0 Å². The van der Waals surface area contributed by atoms with E-state index in [-0.39, 0.29) is 0 Å². The molecule has 46 heavy (non-hydrogen) atoms. The minimum Gasteiger partial charge on any atom is -0.341 e. The van der Waals surface area contributed by atoms with Crippen LogP contribution in [0.25, 0.3) is 0 Å². The summed E-state index contributed by atoms with van der Waals surface area (Å²) in [5.41, 5.74) is 0. The van der Waals surface area contributed by atoms with Crippen molar-refractivity contribution in [1.29, 1.82) is 0 Å². The van der Waals surface area contributed by atoms with Gasteiger partial charge in [-0.05, 0) is 25.7 Å². The van der Waals surface area contributed by atoms with E-state index < -0.39 is 0 Å². The number of hydrogen-bond donors (Lipinski definition) is 1. The summed E-state index contributed by atoms with van der Waals surface area (Å²) in [6.07, 6.45) is 31.6. The van der Waals surface area contributed by atoms with Gasteiger partial charge in [0.2, 0.25) is 17.8 Å². The van der Waals surface area contributed by atoms with E-state index in [1.807, 2.05) is 0 Å². The average Bonchev–Trinajstić information content (AvgIpc) is 3.09. The summed E-state index contributed by atoms with van der Waals surface area (Å²) in [7, 11) is 0. The van der Waals surface area contributed by atoms with Crippen LogP contribution < -0.4 is 20.0 Å². The van der Waals surface area contributed by atoms with Gasteiger partial charge < -0.3 is 20.0 Å². The average molecular weight is 644 g/mol. The fourth-order valence-corrected chi connectivity index (χ4v) is 6.59. The molecule has 1 aromatic rings. The molecule has 7 heteroatoms. The second-order valence-corrected chi connectivity index (χ2v) is 14.0. The van der Waals surface area contributed by atoms with E-state index in [4.69, 9.17) is 15.0 Å². The quantitative estimate of drug-likeness (QED) is 0.0808. The molecule has 0 aromatic carbocycles. The van der Waals surface area contributed by atoms with Gasteiger partial charge in [-0.1, -0.05) is 156 Å². The SMILES string of the molecule is CCCCCCCCN(CCCCCCCC)c1nc(N(CCCCCCCC)CCCCCCCC)nc(N2CCNCC2)n1. The largest absolute Gasteiger partial charge is 0.341 e. The first-order chi connectivity index (χ1) is 22.7. The Morgan fingerprint density at radius 2 is 0.739 bits per heavy atom. The van der Waals surface area contributed by atoms with Crippen LogP contribution in [-0.2, 0) is 0 Å². The Bertz CT molecular complexity index is 727. The number of nitrogens with one attached hydrogen (secondary N) is 1. The standard InChI is InChI=1S/C39H77N7/c1-5-9-13-17-21-25-31-44(32-26-22-18-14-10-6-2)37-41-38(43-39(42-37)46-35-29-40-30-36-46)45(33-27-23-19-15-11-7-3)34-28-24-20-16-12-8-4/h40H,5-36H2,1-4H3. The topological polar surface area (TPSA) is 60.4 Å². The molecule has 2 heterocycles.